The SMILES string of the molecule is Cc1cc(C)c2c(c1)CN=CN2NC(C)c1cccc2ccccc12. The molecule has 0 spiro atoms. The first-order valence-corrected chi connectivity index (χ1v) is 8.76. The minimum atomic E-state index is 0.171. The Morgan fingerprint density at radius 2 is 1.84 bits per heavy atom. The molecule has 1 heterocycles. The van der Waals surface area contributed by atoms with E-state index in [2.05, 4.69) is 90.8 Å². The van der Waals surface area contributed by atoms with E-state index in [4.69, 9.17) is 0 Å². The van der Waals surface area contributed by atoms with Crippen molar-refractivity contribution in [1.82, 2.24) is 5.43 Å². The molecule has 3 aromatic carbocycles. The largest absolute Gasteiger partial charge is 0.269 e. The molecule has 3 heteroatoms. The number of benzene rings is 3. The molecule has 1 aliphatic heterocycles. The van der Waals surface area contributed by atoms with Crippen molar-refractivity contribution in [2.75, 3.05) is 5.01 Å². The summed E-state index contributed by atoms with van der Waals surface area (Å²) in [5.41, 5.74) is 9.99. The van der Waals surface area contributed by atoms with Crippen LogP contribution in [0, 0.1) is 13.8 Å². The van der Waals surface area contributed by atoms with Gasteiger partial charge >= 0.3 is 0 Å². The van der Waals surface area contributed by atoms with Crippen LogP contribution in [0.1, 0.15) is 35.2 Å². The standard InChI is InChI=1S/C22H23N3/c1-15-11-16(2)22-19(12-15)13-23-14-25(22)24-17(3)20-10-6-8-18-7-4-5-9-21(18)20/h4-12,14,17,24H,13H2,1-3H3. The zero-order valence-corrected chi connectivity index (χ0v) is 15.0. The van der Waals surface area contributed by atoms with Gasteiger partial charge < -0.3 is 0 Å². The fourth-order valence-corrected chi connectivity index (χ4v) is 3.80. The van der Waals surface area contributed by atoms with E-state index in [1.165, 1.54) is 38.7 Å². The van der Waals surface area contributed by atoms with Crippen LogP contribution in [0.3, 0.4) is 0 Å². The second-order valence-electron chi connectivity index (χ2n) is 6.83. The highest BCUT2D eigenvalue weighted by atomic mass is 15.5. The molecule has 0 fully saturated rings. The average Bonchev–Trinajstić information content (AvgIpc) is 2.60. The third-order valence-corrected chi connectivity index (χ3v) is 4.85. The lowest BCUT2D eigenvalue weighted by molar-refractivity contribution is 0.596. The number of hydrazine groups is 1. The molecule has 4 rings (SSSR count). The van der Waals surface area contributed by atoms with Gasteiger partial charge in [0.15, 0.2) is 0 Å². The molecule has 0 aromatic heterocycles. The van der Waals surface area contributed by atoms with Gasteiger partial charge in [0, 0.05) is 6.04 Å². The summed E-state index contributed by atoms with van der Waals surface area (Å²) in [6.07, 6.45) is 1.91. The first-order chi connectivity index (χ1) is 12.1. The second-order valence-corrected chi connectivity index (χ2v) is 6.83. The third-order valence-electron chi connectivity index (χ3n) is 4.85. The van der Waals surface area contributed by atoms with Crippen molar-refractivity contribution in [2.45, 2.75) is 33.4 Å². The lowest BCUT2D eigenvalue weighted by atomic mass is 10.00. The molecule has 3 aromatic rings. The second kappa shape index (κ2) is 6.34. The van der Waals surface area contributed by atoms with E-state index in [1.54, 1.807) is 0 Å². The first kappa shape index (κ1) is 15.9. The van der Waals surface area contributed by atoms with Gasteiger partial charge in [-0.3, -0.25) is 10.0 Å². The molecular formula is C22H23N3. The number of aryl methyl sites for hydroxylation is 2. The maximum Gasteiger partial charge on any atom is 0.105 e. The van der Waals surface area contributed by atoms with Gasteiger partial charge in [0.2, 0.25) is 0 Å². The zero-order chi connectivity index (χ0) is 17.4. The highest BCUT2D eigenvalue weighted by Crippen LogP contribution is 2.30. The Bertz CT molecular complexity index is 953. The van der Waals surface area contributed by atoms with Crippen LogP contribution < -0.4 is 10.4 Å². The van der Waals surface area contributed by atoms with Crippen molar-refractivity contribution >= 4 is 22.8 Å². The van der Waals surface area contributed by atoms with E-state index >= 15 is 0 Å². The van der Waals surface area contributed by atoms with E-state index < -0.39 is 0 Å². The fraction of sp³-hybridized carbons (Fsp3) is 0.227. The number of hydrogen-bond acceptors (Lipinski definition) is 3. The van der Waals surface area contributed by atoms with Crippen molar-refractivity contribution in [3.05, 3.63) is 76.9 Å². The maximum absolute atomic E-state index is 4.53. The quantitative estimate of drug-likeness (QED) is 0.726. The molecule has 126 valence electrons. The van der Waals surface area contributed by atoms with Crippen LogP contribution in [0.4, 0.5) is 5.69 Å². The Morgan fingerprint density at radius 1 is 1.04 bits per heavy atom. The summed E-state index contributed by atoms with van der Waals surface area (Å²) in [7, 11) is 0. The van der Waals surface area contributed by atoms with Crippen LogP contribution in [-0.4, -0.2) is 6.34 Å². The van der Waals surface area contributed by atoms with Gasteiger partial charge in [-0.25, -0.2) is 5.43 Å². The molecule has 0 saturated heterocycles. The maximum atomic E-state index is 4.53. The van der Waals surface area contributed by atoms with Gasteiger partial charge in [0.05, 0.1) is 12.2 Å². The molecule has 0 radical (unpaired) electrons. The molecule has 3 nitrogen and oxygen atoms in total. The van der Waals surface area contributed by atoms with Crippen molar-refractivity contribution in [1.29, 1.82) is 0 Å². The molecule has 0 saturated carbocycles. The minimum absolute atomic E-state index is 0.171. The molecule has 0 aliphatic carbocycles. The predicted molar refractivity (Wildman–Crippen MR) is 106 cm³/mol. The first-order valence-electron chi connectivity index (χ1n) is 8.76. The molecule has 25 heavy (non-hydrogen) atoms. The summed E-state index contributed by atoms with van der Waals surface area (Å²) in [5.74, 6) is 0. The monoisotopic (exact) mass is 329 g/mol. The van der Waals surface area contributed by atoms with Crippen LogP contribution in [0.25, 0.3) is 10.8 Å². The number of nitrogens with zero attached hydrogens (tertiary/aromatic N) is 2. The Morgan fingerprint density at radius 3 is 2.72 bits per heavy atom. The average molecular weight is 329 g/mol. The molecule has 0 bridgehead atoms. The molecular weight excluding hydrogens is 306 g/mol. The molecule has 1 unspecified atom stereocenters. The Balaban J connectivity index is 1.69. The number of fused-ring (bicyclic) bond motifs is 2. The highest BCUT2D eigenvalue weighted by molar-refractivity contribution is 5.87. The topological polar surface area (TPSA) is 27.6 Å². The number of nitrogens with one attached hydrogen (secondary N) is 1. The van der Waals surface area contributed by atoms with E-state index in [0.29, 0.717) is 0 Å². The van der Waals surface area contributed by atoms with Crippen molar-refractivity contribution < 1.29 is 0 Å². The van der Waals surface area contributed by atoms with Crippen molar-refractivity contribution in [3.63, 3.8) is 0 Å². The van der Waals surface area contributed by atoms with Gasteiger partial charge in [-0.15, -0.1) is 0 Å². The summed E-state index contributed by atoms with van der Waals surface area (Å²) < 4.78 is 0. The van der Waals surface area contributed by atoms with Gasteiger partial charge in [-0.2, -0.15) is 0 Å². The lowest BCUT2D eigenvalue weighted by Crippen LogP contribution is -2.41. The van der Waals surface area contributed by atoms with Crippen LogP contribution in [0.5, 0.6) is 0 Å². The normalized spacial score (nSPS) is 14.6. The van der Waals surface area contributed by atoms with E-state index in [9.17, 15) is 0 Å². The van der Waals surface area contributed by atoms with Crippen LogP contribution in [0.2, 0.25) is 0 Å². The molecule has 1 aliphatic rings. The van der Waals surface area contributed by atoms with Crippen LogP contribution in [-0.2, 0) is 6.54 Å². The van der Waals surface area contributed by atoms with Gasteiger partial charge in [0.1, 0.15) is 6.34 Å². The van der Waals surface area contributed by atoms with Crippen LogP contribution in [0.15, 0.2) is 59.6 Å². The Labute approximate surface area is 149 Å². The highest BCUT2D eigenvalue weighted by Gasteiger charge is 2.19. The van der Waals surface area contributed by atoms with Crippen molar-refractivity contribution in [2.24, 2.45) is 4.99 Å². The van der Waals surface area contributed by atoms with Crippen molar-refractivity contribution in [3.8, 4) is 0 Å². The lowest BCUT2D eigenvalue weighted by Gasteiger charge is -2.31. The van der Waals surface area contributed by atoms with Gasteiger partial charge in [-0.05, 0) is 48.2 Å². The number of rotatable bonds is 3. The van der Waals surface area contributed by atoms with Crippen LogP contribution >= 0.6 is 0 Å². The fourth-order valence-electron chi connectivity index (χ4n) is 3.80. The molecule has 1 atom stereocenters. The number of aliphatic imine (C=N–C) groups is 1. The predicted octanol–water partition coefficient (Wildman–Crippen LogP) is 5.07. The van der Waals surface area contributed by atoms with Gasteiger partial charge in [-0.1, -0.05) is 60.2 Å². The number of hydrogen-bond donors (Lipinski definition) is 1. The van der Waals surface area contributed by atoms with Gasteiger partial charge in [0.25, 0.3) is 0 Å². The van der Waals surface area contributed by atoms with E-state index in [1.807, 2.05) is 6.34 Å². The summed E-state index contributed by atoms with van der Waals surface area (Å²) in [6.45, 7) is 7.26. The third kappa shape index (κ3) is 2.92. The molecule has 0 amide bonds. The Hall–Kier alpha value is -2.65. The Kier molecular flexibility index (Phi) is 4.02. The smallest absolute Gasteiger partial charge is 0.105 e. The van der Waals surface area contributed by atoms with E-state index in [0.717, 1.165) is 6.54 Å². The summed E-state index contributed by atoms with van der Waals surface area (Å²) in [5, 5.41) is 4.65. The minimum Gasteiger partial charge on any atom is -0.269 e. The zero-order valence-electron chi connectivity index (χ0n) is 15.0. The summed E-state index contributed by atoms with van der Waals surface area (Å²) in [4.78, 5) is 4.53. The summed E-state index contributed by atoms with van der Waals surface area (Å²) >= 11 is 0. The van der Waals surface area contributed by atoms with E-state index in [-0.39, 0.29) is 6.04 Å². The number of anilines is 1. The summed E-state index contributed by atoms with van der Waals surface area (Å²) in [6, 6.07) is 19.7. The molecule has 1 N–H and O–H groups in total.